The quantitative estimate of drug-likeness (QED) is 0.709. The van der Waals surface area contributed by atoms with Gasteiger partial charge in [0.05, 0.1) is 0 Å². The fourth-order valence-electron chi connectivity index (χ4n) is 2.08. The minimum atomic E-state index is -0.171. The summed E-state index contributed by atoms with van der Waals surface area (Å²) in [5, 5.41) is 3.54. The summed E-state index contributed by atoms with van der Waals surface area (Å²) in [7, 11) is 0. The lowest BCUT2D eigenvalue weighted by Crippen LogP contribution is -2.28. The molecule has 1 atom stereocenters. The van der Waals surface area contributed by atoms with Crippen molar-refractivity contribution in [3.8, 4) is 0 Å². The van der Waals surface area contributed by atoms with Gasteiger partial charge in [0, 0.05) is 17.1 Å². The fourth-order valence-corrected chi connectivity index (χ4v) is 2.47. The fraction of sp³-hybridized carbons (Fsp3) is 0.600. The van der Waals surface area contributed by atoms with Crippen LogP contribution >= 0.6 is 15.9 Å². The van der Waals surface area contributed by atoms with Crippen LogP contribution in [0.5, 0.6) is 0 Å². The predicted molar refractivity (Wildman–Crippen MR) is 79.2 cm³/mol. The highest BCUT2D eigenvalue weighted by atomic mass is 79.9. The molecule has 1 unspecified atom stereocenters. The van der Waals surface area contributed by atoms with Gasteiger partial charge in [0.25, 0.3) is 0 Å². The molecule has 0 saturated carbocycles. The number of rotatable bonds is 8. The van der Waals surface area contributed by atoms with Gasteiger partial charge in [-0.2, -0.15) is 0 Å². The van der Waals surface area contributed by atoms with Gasteiger partial charge in [0.1, 0.15) is 5.82 Å². The molecule has 0 heterocycles. The van der Waals surface area contributed by atoms with Crippen molar-refractivity contribution in [2.75, 3.05) is 0 Å². The lowest BCUT2D eigenvalue weighted by atomic mass is 10.0. The maximum atomic E-state index is 13.2. The second-order valence-electron chi connectivity index (χ2n) is 4.74. The van der Waals surface area contributed by atoms with Crippen LogP contribution in [0.1, 0.15) is 51.5 Å². The summed E-state index contributed by atoms with van der Waals surface area (Å²) in [6.45, 7) is 5.15. The van der Waals surface area contributed by atoms with Crippen LogP contribution in [-0.4, -0.2) is 6.04 Å². The summed E-state index contributed by atoms with van der Waals surface area (Å²) in [6.07, 6.45) is 6.06. The Morgan fingerprint density at radius 3 is 2.67 bits per heavy atom. The van der Waals surface area contributed by atoms with Gasteiger partial charge in [-0.05, 0) is 36.6 Å². The molecule has 0 spiro atoms. The summed E-state index contributed by atoms with van der Waals surface area (Å²) in [4.78, 5) is 0. The van der Waals surface area contributed by atoms with Gasteiger partial charge < -0.3 is 5.32 Å². The summed E-state index contributed by atoms with van der Waals surface area (Å²) in [5.41, 5.74) is 0.993. The molecule has 0 amide bonds. The van der Waals surface area contributed by atoms with Gasteiger partial charge in [0.2, 0.25) is 0 Å². The van der Waals surface area contributed by atoms with Crippen molar-refractivity contribution in [1.82, 2.24) is 5.32 Å². The number of halogens is 2. The predicted octanol–water partition coefficient (Wildman–Crippen LogP) is 5.04. The second kappa shape index (κ2) is 8.65. The summed E-state index contributed by atoms with van der Waals surface area (Å²) in [6, 6.07) is 5.39. The molecular formula is C15H23BrFN. The molecule has 0 aliphatic carbocycles. The standard InChI is InChI=1S/C15H23BrFN/c1-3-5-7-14(6-4-2)18-11-12-10-13(17)8-9-15(12)16/h8-10,14,18H,3-7,11H2,1-2H3. The zero-order valence-electron chi connectivity index (χ0n) is 11.3. The molecule has 0 aromatic heterocycles. The molecule has 0 bridgehead atoms. The zero-order chi connectivity index (χ0) is 13.4. The van der Waals surface area contributed by atoms with Gasteiger partial charge in [0.15, 0.2) is 0 Å². The highest BCUT2D eigenvalue weighted by molar-refractivity contribution is 9.10. The maximum absolute atomic E-state index is 13.2. The number of hydrogen-bond donors (Lipinski definition) is 1. The van der Waals surface area contributed by atoms with E-state index in [2.05, 4.69) is 35.1 Å². The molecule has 0 fully saturated rings. The molecule has 3 heteroatoms. The first-order valence-electron chi connectivity index (χ1n) is 6.84. The normalized spacial score (nSPS) is 12.7. The Kier molecular flexibility index (Phi) is 7.52. The van der Waals surface area contributed by atoms with Crippen molar-refractivity contribution in [3.63, 3.8) is 0 Å². The first-order valence-corrected chi connectivity index (χ1v) is 7.64. The third-order valence-electron chi connectivity index (χ3n) is 3.13. The van der Waals surface area contributed by atoms with Crippen molar-refractivity contribution in [2.24, 2.45) is 0 Å². The third-order valence-corrected chi connectivity index (χ3v) is 3.91. The summed E-state index contributed by atoms with van der Waals surface area (Å²) in [5.74, 6) is -0.171. The van der Waals surface area contributed by atoms with Crippen LogP contribution in [0.2, 0.25) is 0 Å². The van der Waals surface area contributed by atoms with Gasteiger partial charge in [-0.25, -0.2) is 4.39 Å². The lowest BCUT2D eigenvalue weighted by Gasteiger charge is -2.18. The molecule has 18 heavy (non-hydrogen) atoms. The van der Waals surface area contributed by atoms with Crippen LogP contribution in [0, 0.1) is 5.82 Å². The molecule has 0 radical (unpaired) electrons. The van der Waals surface area contributed by atoms with Crippen molar-refractivity contribution in [3.05, 3.63) is 34.1 Å². The van der Waals surface area contributed by atoms with Gasteiger partial charge >= 0.3 is 0 Å². The molecule has 1 N–H and O–H groups in total. The number of benzene rings is 1. The molecular weight excluding hydrogens is 293 g/mol. The SMILES string of the molecule is CCCCC(CCC)NCc1cc(F)ccc1Br. The molecule has 0 aliphatic heterocycles. The molecule has 0 saturated heterocycles. The Balaban J connectivity index is 2.52. The van der Waals surface area contributed by atoms with E-state index >= 15 is 0 Å². The number of nitrogens with one attached hydrogen (secondary N) is 1. The van der Waals surface area contributed by atoms with Crippen LogP contribution in [0.4, 0.5) is 4.39 Å². The maximum Gasteiger partial charge on any atom is 0.123 e. The van der Waals surface area contributed by atoms with Gasteiger partial charge in [-0.15, -0.1) is 0 Å². The van der Waals surface area contributed by atoms with Crippen molar-refractivity contribution >= 4 is 15.9 Å². The first kappa shape index (κ1) is 15.6. The number of hydrogen-bond acceptors (Lipinski definition) is 1. The smallest absolute Gasteiger partial charge is 0.123 e. The molecule has 0 aliphatic rings. The Morgan fingerprint density at radius 2 is 2.00 bits per heavy atom. The van der Waals surface area contributed by atoms with Crippen molar-refractivity contribution in [2.45, 2.75) is 58.5 Å². The molecule has 1 nitrogen and oxygen atoms in total. The van der Waals surface area contributed by atoms with E-state index in [0.29, 0.717) is 6.04 Å². The van der Waals surface area contributed by atoms with E-state index in [1.165, 1.54) is 38.2 Å². The zero-order valence-corrected chi connectivity index (χ0v) is 12.9. The summed E-state index contributed by atoms with van der Waals surface area (Å²) < 4.78 is 14.1. The van der Waals surface area contributed by atoms with Crippen LogP contribution in [0.25, 0.3) is 0 Å². The van der Waals surface area contributed by atoms with E-state index < -0.39 is 0 Å². The Hall–Kier alpha value is -0.410. The van der Waals surface area contributed by atoms with E-state index in [9.17, 15) is 4.39 Å². The molecule has 1 aromatic carbocycles. The minimum absolute atomic E-state index is 0.171. The Labute approximate surface area is 118 Å². The number of unbranched alkanes of at least 4 members (excludes halogenated alkanes) is 1. The van der Waals surface area contributed by atoms with E-state index in [0.717, 1.165) is 16.6 Å². The van der Waals surface area contributed by atoms with Crippen molar-refractivity contribution in [1.29, 1.82) is 0 Å². The molecule has 1 aromatic rings. The van der Waals surface area contributed by atoms with Crippen LogP contribution in [-0.2, 0) is 6.54 Å². The monoisotopic (exact) mass is 315 g/mol. The van der Waals surface area contributed by atoms with Gasteiger partial charge in [-0.3, -0.25) is 0 Å². The lowest BCUT2D eigenvalue weighted by molar-refractivity contribution is 0.433. The van der Waals surface area contributed by atoms with Crippen molar-refractivity contribution < 1.29 is 4.39 Å². The highest BCUT2D eigenvalue weighted by Gasteiger charge is 2.08. The Bertz CT molecular complexity index is 354. The van der Waals surface area contributed by atoms with E-state index in [-0.39, 0.29) is 5.82 Å². The molecule has 102 valence electrons. The van der Waals surface area contributed by atoms with Crippen LogP contribution < -0.4 is 5.32 Å². The highest BCUT2D eigenvalue weighted by Crippen LogP contribution is 2.18. The molecule has 1 rings (SSSR count). The Morgan fingerprint density at radius 1 is 1.22 bits per heavy atom. The first-order chi connectivity index (χ1) is 8.67. The largest absolute Gasteiger partial charge is 0.310 e. The van der Waals surface area contributed by atoms with E-state index in [4.69, 9.17) is 0 Å². The van der Waals surface area contributed by atoms with Crippen LogP contribution in [0.3, 0.4) is 0 Å². The summed E-state index contributed by atoms with van der Waals surface area (Å²) >= 11 is 3.47. The van der Waals surface area contributed by atoms with Gasteiger partial charge in [-0.1, -0.05) is 49.0 Å². The third kappa shape index (κ3) is 5.49. The minimum Gasteiger partial charge on any atom is -0.310 e. The van der Waals surface area contributed by atoms with Crippen LogP contribution in [0.15, 0.2) is 22.7 Å². The average molecular weight is 316 g/mol. The topological polar surface area (TPSA) is 12.0 Å². The van der Waals surface area contributed by atoms with E-state index in [1.54, 1.807) is 12.1 Å². The average Bonchev–Trinajstić information content (AvgIpc) is 2.36. The second-order valence-corrected chi connectivity index (χ2v) is 5.60. The van der Waals surface area contributed by atoms with E-state index in [1.807, 2.05) is 0 Å².